The van der Waals surface area contributed by atoms with Crippen LogP contribution < -0.4 is 16.0 Å². The molecular weight excluding hydrogens is 290 g/mol. The molecule has 6 heteroatoms. The largest absolute Gasteiger partial charge is 0.327 e. The Kier molecular flexibility index (Phi) is 4.85. The van der Waals surface area contributed by atoms with Gasteiger partial charge >= 0.3 is 0 Å². The Balaban J connectivity index is 2.12. The van der Waals surface area contributed by atoms with Gasteiger partial charge in [0.05, 0.1) is 16.6 Å². The van der Waals surface area contributed by atoms with E-state index in [0.717, 1.165) is 6.42 Å². The Morgan fingerprint density at radius 2 is 2.14 bits per heavy atom. The molecule has 0 radical (unpaired) electrons. The van der Waals surface area contributed by atoms with Crippen LogP contribution in [0.3, 0.4) is 0 Å². The van der Waals surface area contributed by atoms with E-state index in [1.807, 2.05) is 0 Å². The molecule has 1 aromatic carbocycles. The summed E-state index contributed by atoms with van der Waals surface area (Å²) in [4.78, 5) is 25.4. The molecule has 1 saturated heterocycles. The monoisotopic (exact) mass is 309 g/mol. The van der Waals surface area contributed by atoms with Gasteiger partial charge in [0.25, 0.3) is 0 Å². The van der Waals surface area contributed by atoms with E-state index in [2.05, 4.69) is 5.32 Å². The normalized spacial score (nSPS) is 17.7. The van der Waals surface area contributed by atoms with Gasteiger partial charge in [-0.15, -0.1) is 0 Å². The second-order valence-electron chi connectivity index (χ2n) is 5.45. The van der Waals surface area contributed by atoms with Crippen molar-refractivity contribution < 1.29 is 9.59 Å². The lowest BCUT2D eigenvalue weighted by atomic mass is 10.0. The standard InChI is InChI=1S/C15H20ClN3O2/c1-9(10(2)17)15(21)18-11-5-6-13(12(16)8-11)19-7-3-4-14(19)20/h5-6,8-10H,3-4,7,17H2,1-2H3,(H,18,21). The van der Waals surface area contributed by atoms with Crippen molar-refractivity contribution in [1.82, 2.24) is 0 Å². The maximum atomic E-state index is 12.0. The van der Waals surface area contributed by atoms with E-state index >= 15 is 0 Å². The molecule has 21 heavy (non-hydrogen) atoms. The van der Waals surface area contributed by atoms with E-state index in [1.165, 1.54) is 0 Å². The summed E-state index contributed by atoms with van der Waals surface area (Å²) in [6, 6.07) is 4.95. The minimum atomic E-state index is -0.288. The van der Waals surface area contributed by atoms with Crippen molar-refractivity contribution in [2.45, 2.75) is 32.7 Å². The quantitative estimate of drug-likeness (QED) is 0.896. The van der Waals surface area contributed by atoms with Crippen LogP contribution in [0.5, 0.6) is 0 Å². The van der Waals surface area contributed by atoms with Gasteiger partial charge in [-0.2, -0.15) is 0 Å². The van der Waals surface area contributed by atoms with Gasteiger partial charge in [-0.05, 0) is 31.5 Å². The number of carbonyl (C=O) groups excluding carboxylic acids is 2. The lowest BCUT2D eigenvalue weighted by Gasteiger charge is -2.19. The first-order valence-corrected chi connectivity index (χ1v) is 7.44. The second-order valence-corrected chi connectivity index (χ2v) is 5.86. The molecule has 5 nitrogen and oxygen atoms in total. The summed E-state index contributed by atoms with van der Waals surface area (Å²) in [6.45, 7) is 4.25. The van der Waals surface area contributed by atoms with Crippen LogP contribution in [0.4, 0.5) is 11.4 Å². The molecule has 2 unspecified atom stereocenters. The van der Waals surface area contributed by atoms with E-state index in [1.54, 1.807) is 36.9 Å². The smallest absolute Gasteiger partial charge is 0.228 e. The molecular formula is C15H20ClN3O2. The van der Waals surface area contributed by atoms with Crippen molar-refractivity contribution in [1.29, 1.82) is 0 Å². The fourth-order valence-electron chi connectivity index (χ4n) is 2.20. The van der Waals surface area contributed by atoms with Crippen molar-refractivity contribution in [3.8, 4) is 0 Å². The van der Waals surface area contributed by atoms with E-state index in [4.69, 9.17) is 17.3 Å². The number of rotatable bonds is 4. The van der Waals surface area contributed by atoms with Gasteiger partial charge in [-0.25, -0.2) is 0 Å². The molecule has 114 valence electrons. The van der Waals surface area contributed by atoms with Crippen molar-refractivity contribution in [3.05, 3.63) is 23.2 Å². The average molecular weight is 310 g/mol. The first-order valence-electron chi connectivity index (χ1n) is 7.06. The summed E-state index contributed by atoms with van der Waals surface area (Å²) in [5, 5.41) is 3.24. The van der Waals surface area contributed by atoms with Crippen molar-refractivity contribution in [2.75, 3.05) is 16.8 Å². The summed E-state index contributed by atoms with van der Waals surface area (Å²) < 4.78 is 0. The van der Waals surface area contributed by atoms with E-state index in [9.17, 15) is 9.59 Å². The second kappa shape index (κ2) is 6.45. The number of hydrogen-bond acceptors (Lipinski definition) is 3. The lowest BCUT2D eigenvalue weighted by Crippen LogP contribution is -2.34. The zero-order valence-corrected chi connectivity index (χ0v) is 13.0. The molecule has 2 amide bonds. The molecule has 0 saturated carbocycles. The van der Waals surface area contributed by atoms with E-state index in [0.29, 0.717) is 29.4 Å². The Hall–Kier alpha value is -1.59. The third kappa shape index (κ3) is 3.54. The predicted octanol–water partition coefficient (Wildman–Crippen LogP) is 2.39. The Labute approximate surface area is 129 Å². The van der Waals surface area contributed by atoms with Crippen molar-refractivity contribution in [2.24, 2.45) is 11.7 Å². The minimum absolute atomic E-state index is 0.0827. The van der Waals surface area contributed by atoms with E-state index < -0.39 is 0 Å². The molecule has 0 aromatic heterocycles. The SMILES string of the molecule is CC(N)C(C)C(=O)Nc1ccc(N2CCCC2=O)c(Cl)c1. The zero-order chi connectivity index (χ0) is 15.6. The minimum Gasteiger partial charge on any atom is -0.327 e. The number of halogens is 1. The molecule has 1 aliphatic heterocycles. The zero-order valence-electron chi connectivity index (χ0n) is 12.2. The van der Waals surface area contributed by atoms with Crippen LogP contribution in [-0.4, -0.2) is 24.4 Å². The summed E-state index contributed by atoms with van der Waals surface area (Å²) in [5.41, 5.74) is 7.01. The topological polar surface area (TPSA) is 75.4 Å². The summed E-state index contributed by atoms with van der Waals surface area (Å²) >= 11 is 6.23. The molecule has 1 aliphatic rings. The summed E-state index contributed by atoms with van der Waals surface area (Å²) in [6.07, 6.45) is 1.40. The maximum absolute atomic E-state index is 12.0. The number of nitrogens with one attached hydrogen (secondary N) is 1. The molecule has 1 heterocycles. The highest BCUT2D eigenvalue weighted by Gasteiger charge is 2.24. The van der Waals surface area contributed by atoms with Gasteiger partial charge in [0.15, 0.2) is 0 Å². The highest BCUT2D eigenvalue weighted by atomic mass is 35.5. The molecule has 2 atom stereocenters. The Morgan fingerprint density at radius 1 is 1.43 bits per heavy atom. The van der Waals surface area contributed by atoms with Crippen LogP contribution in [0.25, 0.3) is 0 Å². The number of amides is 2. The summed E-state index contributed by atoms with van der Waals surface area (Å²) in [7, 11) is 0. The molecule has 0 bridgehead atoms. The van der Waals surface area contributed by atoms with Gasteiger partial charge in [-0.3, -0.25) is 9.59 Å². The van der Waals surface area contributed by atoms with Crippen LogP contribution >= 0.6 is 11.6 Å². The highest BCUT2D eigenvalue weighted by molar-refractivity contribution is 6.34. The molecule has 2 rings (SSSR count). The molecule has 1 fully saturated rings. The van der Waals surface area contributed by atoms with Crippen LogP contribution in [0, 0.1) is 5.92 Å². The molecule has 0 spiro atoms. The number of anilines is 2. The third-order valence-corrected chi connectivity index (χ3v) is 4.08. The first kappa shape index (κ1) is 15.8. The number of nitrogens with two attached hydrogens (primary N) is 1. The van der Waals surface area contributed by atoms with Crippen LogP contribution in [-0.2, 0) is 9.59 Å². The first-order chi connectivity index (χ1) is 9.90. The van der Waals surface area contributed by atoms with Crippen molar-refractivity contribution in [3.63, 3.8) is 0 Å². The van der Waals surface area contributed by atoms with E-state index in [-0.39, 0.29) is 23.8 Å². The molecule has 0 aliphatic carbocycles. The fraction of sp³-hybridized carbons (Fsp3) is 0.467. The highest BCUT2D eigenvalue weighted by Crippen LogP contribution is 2.31. The number of nitrogens with zero attached hydrogens (tertiary/aromatic N) is 1. The van der Waals surface area contributed by atoms with Gasteiger partial charge in [0, 0.05) is 24.7 Å². The summed E-state index contributed by atoms with van der Waals surface area (Å²) in [5.74, 6) is -0.353. The van der Waals surface area contributed by atoms with Gasteiger partial charge < -0.3 is 16.0 Å². The van der Waals surface area contributed by atoms with Gasteiger partial charge in [0.1, 0.15) is 0 Å². The number of hydrogen-bond donors (Lipinski definition) is 2. The Bertz CT molecular complexity index is 560. The van der Waals surface area contributed by atoms with Crippen LogP contribution in [0.15, 0.2) is 18.2 Å². The predicted molar refractivity (Wildman–Crippen MR) is 84.5 cm³/mol. The van der Waals surface area contributed by atoms with Gasteiger partial charge in [0.2, 0.25) is 11.8 Å². The molecule has 3 N–H and O–H groups in total. The number of benzene rings is 1. The van der Waals surface area contributed by atoms with Crippen LogP contribution in [0.1, 0.15) is 26.7 Å². The van der Waals surface area contributed by atoms with Crippen LogP contribution in [0.2, 0.25) is 5.02 Å². The fourth-order valence-corrected chi connectivity index (χ4v) is 2.48. The number of carbonyl (C=O) groups is 2. The third-order valence-electron chi connectivity index (χ3n) is 3.78. The molecule has 1 aromatic rings. The van der Waals surface area contributed by atoms with Gasteiger partial charge in [-0.1, -0.05) is 18.5 Å². The lowest BCUT2D eigenvalue weighted by molar-refractivity contribution is -0.120. The maximum Gasteiger partial charge on any atom is 0.228 e. The average Bonchev–Trinajstić information content (AvgIpc) is 2.84. The van der Waals surface area contributed by atoms with Crippen molar-refractivity contribution >= 4 is 34.8 Å². The Morgan fingerprint density at radius 3 is 2.67 bits per heavy atom.